The summed E-state index contributed by atoms with van der Waals surface area (Å²) in [6, 6.07) is -1.22. The number of amides is 1. The summed E-state index contributed by atoms with van der Waals surface area (Å²) in [5, 5.41) is 2.01. The van der Waals surface area contributed by atoms with Crippen molar-refractivity contribution in [2.75, 3.05) is 19.8 Å². The Hall–Kier alpha value is -1.20. The molecule has 1 amide bonds. The molecule has 0 radical (unpaired) electrons. The Labute approximate surface area is 200 Å². The second-order valence-electron chi connectivity index (χ2n) is 9.27. The van der Waals surface area contributed by atoms with Crippen LogP contribution < -0.4 is 5.32 Å². The van der Waals surface area contributed by atoms with Gasteiger partial charge in [-0.1, -0.05) is 57.9 Å². The van der Waals surface area contributed by atoms with Gasteiger partial charge in [0.2, 0.25) is 0 Å². The lowest BCUT2D eigenvalue weighted by Crippen LogP contribution is -2.69. The zero-order valence-corrected chi connectivity index (χ0v) is 20.5. The topological polar surface area (TPSA) is 75.2 Å². The molecular weight excluding hydrogens is 455 g/mol. The number of alkyl halides is 3. The van der Waals surface area contributed by atoms with E-state index in [1.165, 1.54) is 31.8 Å². The van der Waals surface area contributed by atoms with Crippen molar-refractivity contribution in [3.8, 4) is 0 Å². The monoisotopic (exact) mass is 495 g/mol. The third-order valence-corrected chi connectivity index (χ3v) is 5.90. The van der Waals surface area contributed by atoms with Crippen LogP contribution in [0.2, 0.25) is 0 Å². The molecule has 5 atom stereocenters. The van der Waals surface area contributed by atoms with Gasteiger partial charge in [0, 0.05) is 6.61 Å². The molecule has 0 aromatic heterocycles. The molecular formula is C24H40F3NO6. The number of carbonyl (C=O) groups excluding carboxylic acids is 1. The maximum atomic E-state index is 13.1. The van der Waals surface area contributed by atoms with Gasteiger partial charge in [-0.3, -0.25) is 4.79 Å². The fourth-order valence-electron chi connectivity index (χ4n) is 4.17. The minimum atomic E-state index is -5.06. The van der Waals surface area contributed by atoms with Gasteiger partial charge in [0.25, 0.3) is 0 Å². The van der Waals surface area contributed by atoms with Crippen molar-refractivity contribution < 1.29 is 41.7 Å². The first-order valence-electron chi connectivity index (χ1n) is 12.3. The molecule has 0 spiro atoms. The molecule has 0 aromatic carbocycles. The molecule has 5 unspecified atom stereocenters. The van der Waals surface area contributed by atoms with Crippen LogP contribution in [0.25, 0.3) is 0 Å². The molecule has 0 aliphatic carbocycles. The predicted octanol–water partition coefficient (Wildman–Crippen LogP) is 4.64. The smallest absolute Gasteiger partial charge is 0.373 e. The molecule has 198 valence electrons. The molecule has 34 heavy (non-hydrogen) atoms. The van der Waals surface area contributed by atoms with Gasteiger partial charge >= 0.3 is 12.1 Å². The lowest BCUT2D eigenvalue weighted by molar-refractivity contribution is -0.371. The minimum absolute atomic E-state index is 0.0262. The van der Waals surface area contributed by atoms with E-state index < -0.39 is 48.5 Å². The number of halogens is 3. The Morgan fingerprint density at radius 3 is 2.38 bits per heavy atom. The summed E-state index contributed by atoms with van der Waals surface area (Å²) in [6.07, 6.45) is 1.76. The van der Waals surface area contributed by atoms with Crippen molar-refractivity contribution in [2.45, 2.75) is 115 Å². The fourth-order valence-corrected chi connectivity index (χ4v) is 4.17. The second-order valence-corrected chi connectivity index (χ2v) is 9.27. The maximum Gasteiger partial charge on any atom is 0.471 e. The third kappa shape index (κ3) is 9.11. The molecule has 2 fully saturated rings. The number of unbranched alkanes of at least 4 members (excludes halogenated alkanes) is 7. The lowest BCUT2D eigenvalue weighted by Gasteiger charge is -2.51. The molecule has 10 heteroatoms. The molecule has 1 N–H and O–H groups in total. The Morgan fingerprint density at radius 1 is 1.12 bits per heavy atom. The van der Waals surface area contributed by atoms with E-state index in [1.807, 2.05) is 5.32 Å². The van der Waals surface area contributed by atoms with Crippen molar-refractivity contribution >= 4 is 5.91 Å². The van der Waals surface area contributed by atoms with Gasteiger partial charge in [-0.05, 0) is 20.3 Å². The van der Waals surface area contributed by atoms with Crippen molar-refractivity contribution in [3.63, 3.8) is 0 Å². The number of hydrogen-bond donors (Lipinski definition) is 1. The van der Waals surface area contributed by atoms with E-state index in [-0.39, 0.29) is 13.2 Å². The van der Waals surface area contributed by atoms with Crippen LogP contribution in [0.1, 0.15) is 72.1 Å². The third-order valence-electron chi connectivity index (χ3n) is 5.90. The Morgan fingerprint density at radius 2 is 1.76 bits per heavy atom. The van der Waals surface area contributed by atoms with E-state index >= 15 is 0 Å². The van der Waals surface area contributed by atoms with Gasteiger partial charge in [0.1, 0.15) is 24.4 Å². The van der Waals surface area contributed by atoms with Crippen molar-refractivity contribution in [3.05, 3.63) is 12.7 Å². The van der Waals surface area contributed by atoms with Crippen LogP contribution >= 0.6 is 0 Å². The van der Waals surface area contributed by atoms with E-state index in [2.05, 4.69) is 13.5 Å². The van der Waals surface area contributed by atoms with E-state index in [4.69, 9.17) is 23.7 Å². The zero-order chi connectivity index (χ0) is 25.2. The van der Waals surface area contributed by atoms with Gasteiger partial charge in [0.15, 0.2) is 12.1 Å². The number of hydrogen-bond acceptors (Lipinski definition) is 6. The first-order valence-corrected chi connectivity index (χ1v) is 12.3. The van der Waals surface area contributed by atoms with Crippen LogP contribution in [0.3, 0.4) is 0 Å². The van der Waals surface area contributed by atoms with Gasteiger partial charge in [-0.2, -0.15) is 13.2 Å². The van der Waals surface area contributed by atoms with Crippen LogP contribution in [0.4, 0.5) is 13.2 Å². The van der Waals surface area contributed by atoms with Gasteiger partial charge < -0.3 is 29.0 Å². The summed E-state index contributed by atoms with van der Waals surface area (Å²) in [5.41, 5.74) is 0. The number of fused-ring (bicyclic) bond motifs is 1. The number of carbonyl (C=O) groups is 1. The summed E-state index contributed by atoms with van der Waals surface area (Å²) in [5.74, 6) is -3.06. The van der Waals surface area contributed by atoms with Crippen LogP contribution in [0, 0.1) is 0 Å². The number of nitrogens with one attached hydrogen (secondary N) is 1. The molecule has 0 saturated carbocycles. The highest BCUT2D eigenvalue weighted by molar-refractivity contribution is 5.82. The SMILES string of the molecule is C=CCOC1OC2COC(C)(C)OC2C(OCCCCCCCCCC)C1NC(=O)C(F)(F)F. The number of rotatable bonds is 14. The molecule has 2 aliphatic heterocycles. The van der Waals surface area contributed by atoms with E-state index in [1.54, 1.807) is 13.8 Å². The lowest BCUT2D eigenvalue weighted by atomic mass is 9.94. The first kappa shape index (κ1) is 29.0. The van der Waals surface area contributed by atoms with Crippen molar-refractivity contribution in [2.24, 2.45) is 0 Å². The van der Waals surface area contributed by atoms with Crippen LogP contribution in [0.5, 0.6) is 0 Å². The first-order chi connectivity index (χ1) is 16.1. The Bertz CT molecular complexity index is 630. The molecule has 7 nitrogen and oxygen atoms in total. The molecule has 2 aliphatic rings. The normalized spacial score (nSPS) is 28.8. The van der Waals surface area contributed by atoms with Gasteiger partial charge in [0.05, 0.1) is 13.2 Å². The average Bonchev–Trinajstić information content (AvgIpc) is 2.76. The largest absolute Gasteiger partial charge is 0.471 e. The average molecular weight is 496 g/mol. The minimum Gasteiger partial charge on any atom is -0.373 e. The van der Waals surface area contributed by atoms with Gasteiger partial charge in [-0.25, -0.2) is 0 Å². The quantitative estimate of drug-likeness (QED) is 0.280. The van der Waals surface area contributed by atoms with E-state index in [9.17, 15) is 18.0 Å². The maximum absolute atomic E-state index is 13.1. The summed E-state index contributed by atoms with van der Waals surface area (Å²) in [7, 11) is 0. The van der Waals surface area contributed by atoms with Crippen LogP contribution in [0.15, 0.2) is 12.7 Å². The number of ether oxygens (including phenoxy) is 5. The zero-order valence-electron chi connectivity index (χ0n) is 20.5. The highest BCUT2D eigenvalue weighted by Crippen LogP contribution is 2.35. The van der Waals surface area contributed by atoms with E-state index in [0.717, 1.165) is 25.7 Å². The summed E-state index contributed by atoms with van der Waals surface area (Å²) in [4.78, 5) is 11.8. The molecule has 2 saturated heterocycles. The standard InChI is InChI=1S/C24H40F3NO6/c1-5-7-8-9-10-11-12-13-15-30-20-18(28-22(29)24(25,26)27)21(31-14-6-2)33-17-16-32-23(3,4)34-19(17)20/h6,17-21H,2,5,7-16H2,1,3-4H3,(H,28,29). The second kappa shape index (κ2) is 13.8. The molecule has 0 aromatic rings. The Balaban J connectivity index is 2.07. The van der Waals surface area contributed by atoms with Crippen molar-refractivity contribution in [1.82, 2.24) is 5.32 Å². The van der Waals surface area contributed by atoms with Gasteiger partial charge in [-0.15, -0.1) is 6.58 Å². The predicted molar refractivity (Wildman–Crippen MR) is 120 cm³/mol. The fraction of sp³-hybridized carbons (Fsp3) is 0.875. The summed E-state index contributed by atoms with van der Waals surface area (Å²) in [6.45, 7) is 9.67. The van der Waals surface area contributed by atoms with E-state index in [0.29, 0.717) is 6.61 Å². The van der Waals surface area contributed by atoms with Crippen LogP contribution in [-0.2, 0) is 28.5 Å². The van der Waals surface area contributed by atoms with Crippen molar-refractivity contribution in [1.29, 1.82) is 0 Å². The molecule has 2 heterocycles. The van der Waals surface area contributed by atoms with Crippen LogP contribution in [-0.4, -0.2) is 68.3 Å². The molecule has 0 bridgehead atoms. The summed E-state index contributed by atoms with van der Waals surface area (Å²) < 4.78 is 68.4. The highest BCUT2D eigenvalue weighted by atomic mass is 19.4. The highest BCUT2D eigenvalue weighted by Gasteiger charge is 2.54. The Kier molecular flexibility index (Phi) is 11.8. The molecule has 2 rings (SSSR count). The summed E-state index contributed by atoms with van der Waals surface area (Å²) >= 11 is 0.